The zero-order valence-corrected chi connectivity index (χ0v) is 33.2. The molecule has 2 saturated carbocycles. The van der Waals surface area contributed by atoms with Gasteiger partial charge in [0.05, 0.1) is 24.8 Å². The van der Waals surface area contributed by atoms with Crippen molar-refractivity contribution in [1.29, 1.82) is 0 Å². The fourth-order valence-corrected chi connectivity index (χ4v) is 9.67. The Morgan fingerprint density at radius 3 is 2.49 bits per heavy atom. The lowest BCUT2D eigenvalue weighted by atomic mass is 9.55. The van der Waals surface area contributed by atoms with Crippen LogP contribution in [-0.4, -0.2) is 84.6 Å². The lowest BCUT2D eigenvalue weighted by molar-refractivity contribution is -0.256. The molecule has 11 heteroatoms. The number of hydrogen-bond donors (Lipinski definition) is 2. The summed E-state index contributed by atoms with van der Waals surface area (Å²) in [6.45, 7) is 5.16. The first-order chi connectivity index (χ1) is 26.9. The number of carbonyl (C=O) groups excluding carboxylic acids is 1. The van der Waals surface area contributed by atoms with Gasteiger partial charge < -0.3 is 38.9 Å². The van der Waals surface area contributed by atoms with Crippen molar-refractivity contribution in [2.45, 2.75) is 106 Å². The number of unbranched alkanes of at least 4 members (excludes halogenated alkanes) is 2. The molecule has 10 nitrogen and oxygen atoms in total. The van der Waals surface area contributed by atoms with Gasteiger partial charge in [0, 0.05) is 55.4 Å². The number of ether oxygens (including phenoxy) is 4. The molecular weight excluding hydrogens is 717 g/mol. The molecule has 1 amide bonds. The van der Waals surface area contributed by atoms with Crippen molar-refractivity contribution in [3.63, 3.8) is 0 Å². The molecule has 7 atom stereocenters. The second kappa shape index (κ2) is 18.3. The van der Waals surface area contributed by atoms with Gasteiger partial charge in [0.2, 0.25) is 18.0 Å². The smallest absolute Gasteiger partial charge is 0.239 e. The second-order valence-electron chi connectivity index (χ2n) is 15.7. The Balaban J connectivity index is 1.39. The number of amides is 1. The summed E-state index contributed by atoms with van der Waals surface area (Å²) < 4.78 is 26.7. The maximum atomic E-state index is 14.0. The van der Waals surface area contributed by atoms with Crippen molar-refractivity contribution in [3.05, 3.63) is 72.3 Å². The molecule has 0 spiro atoms. The fourth-order valence-electron chi connectivity index (χ4n) is 9.26. The van der Waals surface area contributed by atoms with E-state index in [9.17, 15) is 15.0 Å². The number of carbonyl (C=O) groups is 1. The monoisotopic (exact) mass is 774 g/mol. The molecule has 2 aromatic carbocycles. The van der Waals surface area contributed by atoms with Crippen LogP contribution in [0.25, 0.3) is 0 Å². The Kier molecular flexibility index (Phi) is 13.2. The highest BCUT2D eigenvalue weighted by Crippen LogP contribution is 2.62. The Morgan fingerprint density at radius 2 is 1.80 bits per heavy atom. The number of oxime groups is 1. The van der Waals surface area contributed by atoms with Crippen LogP contribution >= 0.6 is 11.8 Å². The molecular formula is C44H58N2O8S. The summed E-state index contributed by atoms with van der Waals surface area (Å²) in [7, 11) is 1.88. The highest BCUT2D eigenvalue weighted by molar-refractivity contribution is 7.98. The summed E-state index contributed by atoms with van der Waals surface area (Å²) in [6, 6.07) is 13.6. The predicted molar refractivity (Wildman–Crippen MR) is 213 cm³/mol. The summed E-state index contributed by atoms with van der Waals surface area (Å²) in [5.74, 6) is 0.817. The van der Waals surface area contributed by atoms with Crippen LogP contribution in [0.4, 0.5) is 0 Å². The standard InChI is InChI=1S/C44H58N2O8S/c1-4-24-51-44-39(46(2)43(49)29-14-15-29)28-37(45-54-40-13-7-10-25-50-40)35-26-30(11-5-8-22-47)34(12-6-9-23-48)41(42(35)44)36-27-32(18-21-38(36)53-44)52-31-16-19-33(55-3)20-17-31/h4,16-21,26-27,29-30,34,39-42,47-48H,1,5-15,22-25,28H2,2-3H3. The topological polar surface area (TPSA) is 119 Å². The van der Waals surface area contributed by atoms with E-state index in [-0.39, 0.29) is 55.3 Å². The third-order valence-corrected chi connectivity index (χ3v) is 12.8. The van der Waals surface area contributed by atoms with Gasteiger partial charge in [0.25, 0.3) is 0 Å². The number of aliphatic hydroxyl groups excluding tert-OH is 2. The maximum absolute atomic E-state index is 14.0. The van der Waals surface area contributed by atoms with Gasteiger partial charge in [0.1, 0.15) is 23.3 Å². The SMILES string of the molecule is C=CCOC12Oc3ccc(Oc4ccc(SC)cc4)cc3C3C(CCCCO)C(CCCCO)C=C(C(=NOC4CCCCO4)CC1N(C)C(=O)C1CC1)C32. The predicted octanol–water partition coefficient (Wildman–Crippen LogP) is 8.23. The number of thioether (sulfide) groups is 1. The molecule has 0 aromatic heterocycles. The summed E-state index contributed by atoms with van der Waals surface area (Å²) in [6.07, 6.45) is 15.6. The highest BCUT2D eigenvalue weighted by atomic mass is 32.2. The van der Waals surface area contributed by atoms with Crippen molar-refractivity contribution in [3.8, 4) is 17.2 Å². The minimum absolute atomic E-state index is 0.00414. The molecule has 2 aromatic rings. The summed E-state index contributed by atoms with van der Waals surface area (Å²) in [4.78, 5) is 23.3. The number of rotatable bonds is 18. The third kappa shape index (κ3) is 8.66. The first-order valence-electron chi connectivity index (χ1n) is 20.3. The van der Waals surface area contributed by atoms with E-state index in [1.165, 1.54) is 0 Å². The molecule has 2 N–H and O–H groups in total. The second-order valence-corrected chi connectivity index (χ2v) is 16.6. The molecule has 7 unspecified atom stereocenters. The van der Waals surface area contributed by atoms with E-state index in [0.717, 1.165) is 91.7 Å². The van der Waals surface area contributed by atoms with E-state index < -0.39 is 18.1 Å². The summed E-state index contributed by atoms with van der Waals surface area (Å²) in [5.41, 5.74) is 2.84. The minimum Gasteiger partial charge on any atom is -0.459 e. The van der Waals surface area contributed by atoms with Gasteiger partial charge in [-0.1, -0.05) is 30.1 Å². The highest BCUT2D eigenvalue weighted by Gasteiger charge is 2.65. The van der Waals surface area contributed by atoms with E-state index >= 15 is 0 Å². The third-order valence-electron chi connectivity index (χ3n) is 12.1. The van der Waals surface area contributed by atoms with E-state index in [2.05, 4.69) is 37.1 Å². The molecule has 5 aliphatic rings. The van der Waals surface area contributed by atoms with Crippen molar-refractivity contribution in [1.82, 2.24) is 4.90 Å². The molecule has 0 radical (unpaired) electrons. The Bertz CT molecular complexity index is 1690. The van der Waals surface area contributed by atoms with Crippen LogP contribution in [-0.2, 0) is 19.1 Å². The molecule has 1 saturated heterocycles. The number of likely N-dealkylation sites (N-methyl/N-ethyl adjacent to an activating group) is 1. The maximum Gasteiger partial charge on any atom is 0.239 e. The Morgan fingerprint density at radius 1 is 1.04 bits per heavy atom. The van der Waals surface area contributed by atoms with Crippen LogP contribution in [0.5, 0.6) is 17.2 Å². The van der Waals surface area contributed by atoms with Gasteiger partial charge in [-0.2, -0.15) is 0 Å². The van der Waals surface area contributed by atoms with Crippen LogP contribution < -0.4 is 9.47 Å². The van der Waals surface area contributed by atoms with E-state index in [1.807, 2.05) is 36.2 Å². The van der Waals surface area contributed by atoms with Crippen LogP contribution in [0.3, 0.4) is 0 Å². The van der Waals surface area contributed by atoms with E-state index in [0.29, 0.717) is 30.9 Å². The molecule has 55 heavy (non-hydrogen) atoms. The average molecular weight is 775 g/mol. The largest absolute Gasteiger partial charge is 0.459 e. The lowest BCUT2D eigenvalue weighted by Crippen LogP contribution is -2.69. The van der Waals surface area contributed by atoms with Gasteiger partial charge in [-0.05, 0) is 117 Å². The molecule has 0 bridgehead atoms. The van der Waals surface area contributed by atoms with Crippen LogP contribution in [0, 0.1) is 23.7 Å². The molecule has 7 rings (SSSR count). The zero-order valence-electron chi connectivity index (χ0n) is 32.4. The first kappa shape index (κ1) is 39.9. The lowest BCUT2D eigenvalue weighted by Gasteiger charge is -2.59. The van der Waals surface area contributed by atoms with Gasteiger partial charge in [0.15, 0.2) is 0 Å². The van der Waals surface area contributed by atoms with Crippen LogP contribution in [0.15, 0.2) is 76.8 Å². The number of nitrogens with zero attached hydrogens (tertiary/aromatic N) is 2. The van der Waals surface area contributed by atoms with Crippen molar-refractivity contribution in [2.75, 3.05) is 39.7 Å². The molecule has 3 aliphatic carbocycles. The molecule has 2 aliphatic heterocycles. The van der Waals surface area contributed by atoms with Crippen LogP contribution in [0.1, 0.15) is 88.5 Å². The molecule has 3 fully saturated rings. The Hall–Kier alpha value is -3.35. The van der Waals surface area contributed by atoms with Crippen molar-refractivity contribution >= 4 is 23.4 Å². The van der Waals surface area contributed by atoms with Gasteiger partial charge in [-0.15, -0.1) is 18.3 Å². The first-order valence-corrected chi connectivity index (χ1v) is 21.6. The zero-order chi connectivity index (χ0) is 38.4. The summed E-state index contributed by atoms with van der Waals surface area (Å²) in [5, 5.41) is 24.6. The fraction of sp³-hybridized carbons (Fsp3) is 0.591. The summed E-state index contributed by atoms with van der Waals surface area (Å²) >= 11 is 1.69. The van der Waals surface area contributed by atoms with Gasteiger partial charge in [-0.25, -0.2) is 0 Å². The minimum atomic E-state index is -1.25. The van der Waals surface area contributed by atoms with Crippen LogP contribution in [0.2, 0.25) is 0 Å². The van der Waals surface area contributed by atoms with Gasteiger partial charge in [-0.3, -0.25) is 4.79 Å². The number of aliphatic hydroxyl groups is 2. The molecule has 2 heterocycles. The number of hydrogen-bond acceptors (Lipinski definition) is 10. The van der Waals surface area contributed by atoms with E-state index in [4.69, 9.17) is 28.9 Å². The van der Waals surface area contributed by atoms with Crippen molar-refractivity contribution in [2.24, 2.45) is 28.8 Å². The Labute approximate surface area is 330 Å². The van der Waals surface area contributed by atoms with E-state index in [1.54, 1.807) is 17.8 Å². The number of benzene rings is 2. The van der Waals surface area contributed by atoms with Gasteiger partial charge >= 0.3 is 0 Å². The average Bonchev–Trinajstić information content (AvgIpc) is 4.07. The number of allylic oxidation sites excluding steroid dienone is 1. The quantitative estimate of drug-likeness (QED) is 0.0669. The molecule has 298 valence electrons. The van der Waals surface area contributed by atoms with Crippen molar-refractivity contribution < 1.29 is 38.8 Å². The normalized spacial score (nSPS) is 29.0. The number of fused-ring (bicyclic) bond motifs is 2.